The van der Waals surface area contributed by atoms with Crippen LogP contribution in [0.4, 0.5) is 5.69 Å². The van der Waals surface area contributed by atoms with Crippen LogP contribution >= 0.6 is 0 Å². The lowest BCUT2D eigenvalue weighted by Crippen LogP contribution is -2.14. The topological polar surface area (TPSA) is 3.24 Å². The van der Waals surface area contributed by atoms with E-state index in [0.29, 0.717) is 0 Å². The summed E-state index contributed by atoms with van der Waals surface area (Å²) in [4.78, 5) is 2.12. The van der Waals surface area contributed by atoms with E-state index in [-0.39, 0.29) is 0 Å². The van der Waals surface area contributed by atoms with Gasteiger partial charge >= 0.3 is 0 Å². The molecule has 0 aliphatic rings. The van der Waals surface area contributed by atoms with Crippen LogP contribution in [-0.4, -0.2) is 7.05 Å². The highest BCUT2D eigenvalue weighted by atomic mass is 15.1. The monoisotopic (exact) mass is 237 g/mol. The van der Waals surface area contributed by atoms with Crippen molar-refractivity contribution in [1.29, 1.82) is 0 Å². The van der Waals surface area contributed by atoms with E-state index in [2.05, 4.69) is 73.9 Å². The van der Waals surface area contributed by atoms with Gasteiger partial charge in [-0.25, -0.2) is 0 Å². The maximum Gasteiger partial charge on any atom is 0.0408 e. The van der Waals surface area contributed by atoms with E-state index in [0.717, 1.165) is 16.9 Å². The van der Waals surface area contributed by atoms with Crippen molar-refractivity contribution in [2.24, 2.45) is 0 Å². The Bertz CT molecular complexity index is 535. The summed E-state index contributed by atoms with van der Waals surface area (Å²) in [7, 11) is 2.05. The van der Waals surface area contributed by atoms with Crippen molar-refractivity contribution < 1.29 is 0 Å². The molecule has 0 aromatic heterocycles. The van der Waals surface area contributed by atoms with Gasteiger partial charge in [0.15, 0.2) is 0 Å². The van der Waals surface area contributed by atoms with Gasteiger partial charge < -0.3 is 4.90 Å². The molecule has 0 amide bonds. The number of anilines is 1. The Morgan fingerprint density at radius 3 is 1.78 bits per heavy atom. The molecule has 0 saturated heterocycles. The molecular weight excluding hydrogens is 218 g/mol. The van der Waals surface area contributed by atoms with Gasteiger partial charge in [-0.1, -0.05) is 54.1 Å². The molecule has 0 N–H and O–H groups in total. The molecular formula is C17H19N. The zero-order valence-electron chi connectivity index (χ0n) is 11.3. The lowest BCUT2D eigenvalue weighted by Gasteiger charge is -2.22. The van der Waals surface area contributed by atoms with Crippen LogP contribution in [0.5, 0.6) is 0 Å². The molecule has 92 valence electrons. The Labute approximate surface area is 109 Å². The smallest absolute Gasteiger partial charge is 0.0408 e. The van der Waals surface area contributed by atoms with Gasteiger partial charge in [-0.05, 0) is 31.5 Å². The van der Waals surface area contributed by atoms with Crippen molar-refractivity contribution in [1.82, 2.24) is 0 Å². The van der Waals surface area contributed by atoms with E-state index in [9.17, 15) is 0 Å². The van der Waals surface area contributed by atoms with Crippen LogP contribution in [0.1, 0.15) is 16.7 Å². The highest BCUT2D eigenvalue weighted by Gasteiger charge is 2.06. The minimum atomic E-state index is 1.01. The second kappa shape index (κ2) is 5.09. The third-order valence-corrected chi connectivity index (χ3v) is 3.21. The van der Waals surface area contributed by atoms with Crippen LogP contribution in [0.15, 0.2) is 55.1 Å². The number of nitrogens with zero attached hydrogens (tertiary/aromatic N) is 1. The first-order chi connectivity index (χ1) is 8.58. The molecule has 0 heterocycles. The summed E-state index contributed by atoms with van der Waals surface area (Å²) < 4.78 is 0. The molecule has 0 aliphatic heterocycles. The standard InChI is InChI=1S/C17H19N/c1-13-5-9-16(10-6-13)15(3)18(4)17-11-7-14(2)8-12-17/h5-12H,3H2,1-2,4H3. The molecule has 2 aromatic carbocycles. The molecule has 1 nitrogen and oxygen atoms in total. The Balaban J connectivity index is 2.23. The van der Waals surface area contributed by atoms with E-state index >= 15 is 0 Å². The highest BCUT2D eigenvalue weighted by molar-refractivity contribution is 5.77. The van der Waals surface area contributed by atoms with E-state index in [4.69, 9.17) is 0 Å². The van der Waals surface area contributed by atoms with Crippen molar-refractivity contribution in [3.8, 4) is 0 Å². The summed E-state index contributed by atoms with van der Waals surface area (Å²) in [5, 5.41) is 0. The number of rotatable bonds is 3. The minimum Gasteiger partial charge on any atom is -0.345 e. The maximum atomic E-state index is 4.18. The second-order valence-electron chi connectivity index (χ2n) is 4.71. The molecule has 0 fully saturated rings. The number of benzene rings is 2. The normalized spacial score (nSPS) is 10.2. The fourth-order valence-corrected chi connectivity index (χ4v) is 1.86. The number of aryl methyl sites for hydroxylation is 2. The molecule has 2 rings (SSSR count). The first-order valence-electron chi connectivity index (χ1n) is 6.14. The summed E-state index contributed by atoms with van der Waals surface area (Å²) in [5.41, 5.74) is 5.87. The van der Waals surface area contributed by atoms with Gasteiger partial charge in [-0.3, -0.25) is 0 Å². The lowest BCUT2D eigenvalue weighted by atomic mass is 10.1. The molecule has 1 heteroatoms. The van der Waals surface area contributed by atoms with Gasteiger partial charge in [0.1, 0.15) is 0 Å². The van der Waals surface area contributed by atoms with Crippen LogP contribution < -0.4 is 4.90 Å². The molecule has 0 radical (unpaired) electrons. The summed E-state index contributed by atoms with van der Waals surface area (Å²) in [6.45, 7) is 8.37. The Morgan fingerprint density at radius 1 is 0.833 bits per heavy atom. The zero-order valence-corrected chi connectivity index (χ0v) is 11.3. The van der Waals surface area contributed by atoms with Gasteiger partial charge in [-0.2, -0.15) is 0 Å². The average Bonchev–Trinajstić information content (AvgIpc) is 2.39. The van der Waals surface area contributed by atoms with Crippen LogP contribution in [0.25, 0.3) is 5.70 Å². The maximum absolute atomic E-state index is 4.18. The minimum absolute atomic E-state index is 1.01. The molecule has 0 bridgehead atoms. The van der Waals surface area contributed by atoms with Gasteiger partial charge in [0, 0.05) is 18.4 Å². The lowest BCUT2D eigenvalue weighted by molar-refractivity contribution is 1.22. The third-order valence-electron chi connectivity index (χ3n) is 3.21. The van der Waals surface area contributed by atoms with Crippen LogP contribution in [0.3, 0.4) is 0 Å². The molecule has 0 saturated carbocycles. The Morgan fingerprint density at radius 2 is 1.28 bits per heavy atom. The van der Waals surface area contributed by atoms with Gasteiger partial charge in [0.25, 0.3) is 0 Å². The highest BCUT2D eigenvalue weighted by Crippen LogP contribution is 2.23. The van der Waals surface area contributed by atoms with Crippen molar-refractivity contribution in [3.63, 3.8) is 0 Å². The molecule has 0 unspecified atom stereocenters. The number of hydrogen-bond donors (Lipinski definition) is 0. The zero-order chi connectivity index (χ0) is 13.1. The van der Waals surface area contributed by atoms with Gasteiger partial charge in [0.2, 0.25) is 0 Å². The fourth-order valence-electron chi connectivity index (χ4n) is 1.86. The van der Waals surface area contributed by atoms with Gasteiger partial charge in [0.05, 0.1) is 0 Å². The average molecular weight is 237 g/mol. The first kappa shape index (κ1) is 12.4. The Kier molecular flexibility index (Phi) is 3.52. The van der Waals surface area contributed by atoms with E-state index in [1.54, 1.807) is 0 Å². The number of hydrogen-bond acceptors (Lipinski definition) is 1. The molecule has 0 aliphatic carbocycles. The van der Waals surface area contributed by atoms with Crippen molar-refractivity contribution in [2.45, 2.75) is 13.8 Å². The van der Waals surface area contributed by atoms with Crippen LogP contribution in [-0.2, 0) is 0 Å². The molecule has 2 aromatic rings. The van der Waals surface area contributed by atoms with Crippen molar-refractivity contribution >= 4 is 11.4 Å². The largest absolute Gasteiger partial charge is 0.345 e. The van der Waals surface area contributed by atoms with E-state index < -0.39 is 0 Å². The molecule has 18 heavy (non-hydrogen) atoms. The SMILES string of the molecule is C=C(c1ccc(C)cc1)N(C)c1ccc(C)cc1. The van der Waals surface area contributed by atoms with Crippen molar-refractivity contribution in [2.75, 3.05) is 11.9 Å². The summed E-state index contributed by atoms with van der Waals surface area (Å²) in [6, 6.07) is 16.9. The molecule has 0 spiro atoms. The van der Waals surface area contributed by atoms with Crippen LogP contribution in [0, 0.1) is 13.8 Å². The summed E-state index contributed by atoms with van der Waals surface area (Å²) in [6.07, 6.45) is 0. The molecule has 0 atom stereocenters. The predicted octanol–water partition coefficient (Wildman–Crippen LogP) is 4.41. The quantitative estimate of drug-likeness (QED) is 0.764. The van der Waals surface area contributed by atoms with Gasteiger partial charge in [-0.15, -0.1) is 0 Å². The van der Waals surface area contributed by atoms with E-state index in [1.807, 2.05) is 7.05 Å². The van der Waals surface area contributed by atoms with Crippen molar-refractivity contribution in [3.05, 3.63) is 71.8 Å². The Hall–Kier alpha value is -2.02. The van der Waals surface area contributed by atoms with E-state index in [1.165, 1.54) is 11.1 Å². The predicted molar refractivity (Wildman–Crippen MR) is 79.8 cm³/mol. The summed E-state index contributed by atoms with van der Waals surface area (Å²) >= 11 is 0. The fraction of sp³-hybridized carbons (Fsp3) is 0.176. The first-order valence-corrected chi connectivity index (χ1v) is 6.14. The van der Waals surface area contributed by atoms with Crippen LogP contribution in [0.2, 0.25) is 0 Å². The second-order valence-corrected chi connectivity index (χ2v) is 4.71. The third kappa shape index (κ3) is 2.62. The summed E-state index contributed by atoms with van der Waals surface area (Å²) in [5.74, 6) is 0.